The van der Waals surface area contributed by atoms with E-state index in [1.807, 2.05) is 38.1 Å². The van der Waals surface area contributed by atoms with Crippen molar-refractivity contribution in [2.24, 2.45) is 0 Å². The van der Waals surface area contributed by atoms with Crippen LogP contribution in [0.4, 0.5) is 5.69 Å². The fourth-order valence-electron chi connectivity index (χ4n) is 5.37. The van der Waals surface area contributed by atoms with Crippen LogP contribution >= 0.6 is 0 Å². The van der Waals surface area contributed by atoms with Crippen molar-refractivity contribution in [3.8, 4) is 22.6 Å². The normalized spacial score (nSPS) is 20.6. The summed E-state index contributed by atoms with van der Waals surface area (Å²) < 4.78 is 23.2. The van der Waals surface area contributed by atoms with Crippen molar-refractivity contribution >= 4 is 11.7 Å². The molecule has 1 aliphatic carbocycles. The minimum Gasteiger partial charge on any atom is -0.496 e. The highest BCUT2D eigenvalue weighted by Gasteiger charge is 2.40. The second kappa shape index (κ2) is 10.9. The van der Waals surface area contributed by atoms with Gasteiger partial charge in [-0.05, 0) is 80.0 Å². The average Bonchev–Trinajstić information content (AvgIpc) is 3.38. The van der Waals surface area contributed by atoms with Gasteiger partial charge in [0.05, 0.1) is 33.5 Å². The van der Waals surface area contributed by atoms with E-state index in [0.29, 0.717) is 26.1 Å². The number of benzene rings is 2. The minimum absolute atomic E-state index is 0.142. The molecular formula is C28H37NO6. The lowest BCUT2D eigenvalue weighted by molar-refractivity contribution is -0.146. The van der Waals surface area contributed by atoms with Crippen LogP contribution in [-0.4, -0.2) is 50.2 Å². The molecule has 1 aliphatic heterocycles. The molecule has 1 saturated heterocycles. The second-order valence-electron chi connectivity index (χ2n) is 9.67. The van der Waals surface area contributed by atoms with Crippen LogP contribution in [0, 0.1) is 13.8 Å². The first-order valence-corrected chi connectivity index (χ1v) is 12.4. The van der Waals surface area contributed by atoms with Crippen LogP contribution in [0.25, 0.3) is 11.1 Å². The summed E-state index contributed by atoms with van der Waals surface area (Å²) in [6.45, 7) is 5.22. The van der Waals surface area contributed by atoms with E-state index in [9.17, 15) is 9.90 Å². The third-order valence-corrected chi connectivity index (χ3v) is 7.36. The summed E-state index contributed by atoms with van der Waals surface area (Å²) in [7, 11) is 3.34. The summed E-state index contributed by atoms with van der Waals surface area (Å²) in [6.07, 6.45) is 6.05. The van der Waals surface area contributed by atoms with E-state index in [1.54, 1.807) is 14.2 Å². The molecule has 2 N–H and O–H groups in total. The fraction of sp³-hybridized carbons (Fsp3) is 0.536. The Kier molecular flexibility index (Phi) is 7.87. The molecule has 0 bridgehead atoms. The molecule has 7 heteroatoms. The molecule has 190 valence electrons. The lowest BCUT2D eigenvalue weighted by Crippen LogP contribution is -2.52. The molecule has 7 nitrogen and oxygen atoms in total. The highest BCUT2D eigenvalue weighted by atomic mass is 16.5. The quantitative estimate of drug-likeness (QED) is 0.488. The van der Waals surface area contributed by atoms with Gasteiger partial charge in [-0.2, -0.15) is 0 Å². The molecule has 2 aromatic rings. The predicted octanol–water partition coefficient (Wildman–Crippen LogP) is 5.49. The van der Waals surface area contributed by atoms with Gasteiger partial charge in [-0.3, -0.25) is 0 Å². The van der Waals surface area contributed by atoms with Gasteiger partial charge in [0.1, 0.15) is 11.5 Å². The number of hydrogen-bond acceptors (Lipinski definition) is 6. The van der Waals surface area contributed by atoms with Gasteiger partial charge in [-0.25, -0.2) is 4.79 Å². The van der Waals surface area contributed by atoms with E-state index in [-0.39, 0.29) is 12.7 Å². The van der Waals surface area contributed by atoms with Crippen LogP contribution in [0.15, 0.2) is 24.3 Å². The molecule has 4 rings (SSSR count). The lowest BCUT2D eigenvalue weighted by atomic mass is 9.90. The molecule has 2 aromatic carbocycles. The summed E-state index contributed by atoms with van der Waals surface area (Å²) in [5.74, 6) is 0.666. The molecule has 0 spiro atoms. The summed E-state index contributed by atoms with van der Waals surface area (Å²) in [5.41, 5.74) is 4.62. The number of aliphatic carboxylic acids is 1. The predicted molar refractivity (Wildman–Crippen MR) is 136 cm³/mol. The third kappa shape index (κ3) is 5.26. The van der Waals surface area contributed by atoms with Crippen molar-refractivity contribution in [2.75, 3.05) is 32.8 Å². The number of rotatable bonds is 9. The zero-order valence-electron chi connectivity index (χ0n) is 21.2. The first kappa shape index (κ1) is 25.3. The largest absolute Gasteiger partial charge is 0.496 e. The summed E-state index contributed by atoms with van der Waals surface area (Å²) in [4.78, 5) is 12.2. The number of carboxylic acids is 1. The Hall–Kier alpha value is -2.77. The van der Waals surface area contributed by atoms with Crippen LogP contribution in [0.3, 0.4) is 0 Å². The highest BCUT2D eigenvalue weighted by molar-refractivity contribution is 5.84. The van der Waals surface area contributed by atoms with Crippen molar-refractivity contribution in [3.05, 3.63) is 41.0 Å². The molecular weight excluding hydrogens is 446 g/mol. The Labute approximate surface area is 207 Å². The fourth-order valence-corrected chi connectivity index (χ4v) is 5.37. The SMILES string of the molecule is COc1cc(-c2ccc(N[C@@]3(C(=O)O)CCCOC3)cc2COC2CCCC2)c(C)c(OC)c1C. The van der Waals surface area contributed by atoms with Gasteiger partial charge in [0.15, 0.2) is 5.54 Å². The van der Waals surface area contributed by atoms with Crippen molar-refractivity contribution in [3.63, 3.8) is 0 Å². The van der Waals surface area contributed by atoms with Crippen LogP contribution in [0.5, 0.6) is 11.5 Å². The van der Waals surface area contributed by atoms with E-state index in [1.165, 1.54) is 12.8 Å². The Morgan fingerprint density at radius 1 is 1.09 bits per heavy atom. The molecule has 0 unspecified atom stereocenters. The van der Waals surface area contributed by atoms with Crippen LogP contribution in [0.2, 0.25) is 0 Å². The highest BCUT2D eigenvalue weighted by Crippen LogP contribution is 2.41. The molecule has 35 heavy (non-hydrogen) atoms. The summed E-state index contributed by atoms with van der Waals surface area (Å²) in [6, 6.07) is 8.03. The van der Waals surface area contributed by atoms with E-state index >= 15 is 0 Å². The summed E-state index contributed by atoms with van der Waals surface area (Å²) in [5, 5.41) is 13.3. The third-order valence-electron chi connectivity index (χ3n) is 7.36. The zero-order valence-corrected chi connectivity index (χ0v) is 21.2. The van der Waals surface area contributed by atoms with Crippen molar-refractivity contribution in [1.82, 2.24) is 0 Å². The van der Waals surface area contributed by atoms with E-state index in [4.69, 9.17) is 18.9 Å². The van der Waals surface area contributed by atoms with Crippen LogP contribution in [0.1, 0.15) is 55.2 Å². The number of hydrogen-bond donors (Lipinski definition) is 2. The smallest absolute Gasteiger partial charge is 0.331 e. The molecule has 2 aliphatic rings. The van der Waals surface area contributed by atoms with Crippen molar-refractivity contribution in [1.29, 1.82) is 0 Å². The molecule has 0 amide bonds. The molecule has 1 heterocycles. The van der Waals surface area contributed by atoms with Gasteiger partial charge in [0.25, 0.3) is 0 Å². The van der Waals surface area contributed by atoms with Crippen LogP contribution < -0.4 is 14.8 Å². The molecule has 1 saturated carbocycles. The van der Waals surface area contributed by atoms with E-state index in [2.05, 4.69) is 5.32 Å². The number of ether oxygens (including phenoxy) is 4. The number of carbonyl (C=O) groups is 1. The monoisotopic (exact) mass is 483 g/mol. The van der Waals surface area contributed by atoms with Crippen molar-refractivity contribution < 1.29 is 28.8 Å². The molecule has 1 atom stereocenters. The Bertz CT molecular complexity index is 1050. The maximum absolute atomic E-state index is 12.2. The number of carboxylic acid groups (broad SMARTS) is 1. The minimum atomic E-state index is -1.13. The topological polar surface area (TPSA) is 86.3 Å². The lowest BCUT2D eigenvalue weighted by Gasteiger charge is -2.35. The molecule has 2 fully saturated rings. The number of nitrogens with one attached hydrogen (secondary N) is 1. The number of methoxy groups -OCH3 is 2. The van der Waals surface area contributed by atoms with E-state index < -0.39 is 11.5 Å². The first-order valence-electron chi connectivity index (χ1n) is 12.4. The van der Waals surface area contributed by atoms with Gasteiger partial charge in [-0.1, -0.05) is 18.9 Å². The Morgan fingerprint density at radius 3 is 2.49 bits per heavy atom. The standard InChI is InChI=1S/C28H37NO6/c1-18-24(15-25(32-3)19(2)26(18)33-4)23-11-10-21(14-20(23)16-35-22-8-5-6-9-22)29-28(27(30)31)12-7-13-34-17-28/h10-11,14-15,22,29H,5-9,12-13,16-17H2,1-4H3,(H,30,31)/t28-/m0/s1. The van der Waals surface area contributed by atoms with Gasteiger partial charge in [-0.15, -0.1) is 0 Å². The van der Waals surface area contributed by atoms with Gasteiger partial charge < -0.3 is 29.4 Å². The van der Waals surface area contributed by atoms with Gasteiger partial charge in [0.2, 0.25) is 0 Å². The number of anilines is 1. The van der Waals surface area contributed by atoms with Gasteiger partial charge in [0, 0.05) is 17.9 Å². The maximum Gasteiger partial charge on any atom is 0.331 e. The van der Waals surface area contributed by atoms with Crippen LogP contribution in [-0.2, 0) is 20.9 Å². The summed E-state index contributed by atoms with van der Waals surface area (Å²) >= 11 is 0. The van der Waals surface area contributed by atoms with E-state index in [0.717, 1.165) is 57.8 Å². The second-order valence-corrected chi connectivity index (χ2v) is 9.67. The molecule has 0 radical (unpaired) electrons. The molecule has 0 aromatic heterocycles. The first-order chi connectivity index (χ1) is 16.9. The maximum atomic E-state index is 12.2. The Balaban J connectivity index is 1.75. The van der Waals surface area contributed by atoms with Crippen molar-refractivity contribution in [2.45, 2.75) is 70.6 Å². The van der Waals surface area contributed by atoms with Gasteiger partial charge >= 0.3 is 5.97 Å². The Morgan fingerprint density at radius 2 is 1.86 bits per heavy atom. The zero-order chi connectivity index (χ0) is 25.0. The average molecular weight is 484 g/mol.